The van der Waals surface area contributed by atoms with Crippen LogP contribution in [0.2, 0.25) is 0 Å². The number of hydrogen-bond donors (Lipinski definition) is 2. The molecule has 0 heterocycles. The average molecular weight is 301 g/mol. The first-order valence-electron chi connectivity index (χ1n) is 6.55. The van der Waals surface area contributed by atoms with Crippen LogP contribution >= 0.6 is 0 Å². The number of nitrogens with zero attached hydrogens (tertiary/aromatic N) is 1. The third-order valence-electron chi connectivity index (χ3n) is 3.01. The first-order valence-corrected chi connectivity index (χ1v) is 6.55. The van der Waals surface area contributed by atoms with E-state index in [1.54, 1.807) is 0 Å². The summed E-state index contributed by atoms with van der Waals surface area (Å²) in [6.07, 6.45) is 2.33. The van der Waals surface area contributed by atoms with Crippen molar-refractivity contribution < 1.29 is 18.5 Å². The molecule has 0 aromatic heterocycles. The Morgan fingerprint density at radius 3 is 2.57 bits per heavy atom. The monoisotopic (exact) mass is 301 g/mol. The van der Waals surface area contributed by atoms with Crippen LogP contribution < -0.4 is 11.1 Å². The van der Waals surface area contributed by atoms with Crippen LogP contribution in [0.4, 0.5) is 14.5 Å². The molecule has 1 aromatic carbocycles. The van der Waals surface area contributed by atoms with Crippen molar-refractivity contribution in [2.24, 2.45) is 5.73 Å². The van der Waals surface area contributed by atoms with E-state index in [1.165, 1.54) is 0 Å². The fraction of sp³-hybridized carbons (Fsp3) is 0.462. The van der Waals surface area contributed by atoms with E-state index in [0.717, 1.165) is 12.8 Å². The quantitative estimate of drug-likeness (QED) is 0.595. The normalized spacial score (nSPS) is 12.0. The highest BCUT2D eigenvalue weighted by Gasteiger charge is 2.25. The molecule has 3 N–H and O–H groups in total. The molecule has 0 aliphatic heterocycles. The molecule has 0 bridgehead atoms. The molecule has 1 unspecified atom stereocenters. The lowest BCUT2D eigenvalue weighted by Crippen LogP contribution is -2.40. The topological polar surface area (TPSA) is 98.3 Å². The van der Waals surface area contributed by atoms with E-state index in [-0.39, 0.29) is 12.6 Å². The van der Waals surface area contributed by atoms with Gasteiger partial charge in [-0.05, 0) is 12.5 Å². The van der Waals surface area contributed by atoms with Crippen LogP contribution in [0.15, 0.2) is 12.1 Å². The van der Waals surface area contributed by atoms with Crippen LogP contribution in [0.5, 0.6) is 0 Å². The lowest BCUT2D eigenvalue weighted by atomic mass is 10.1. The zero-order valence-electron chi connectivity index (χ0n) is 11.6. The van der Waals surface area contributed by atoms with E-state index in [2.05, 4.69) is 5.32 Å². The standard InChI is InChI=1S/C13H17F2N3O3/c1-2-3-4-8(7-16)17-13(19)9-5-10(14)11(15)6-12(9)18(20)21/h5-6,8H,2-4,7,16H2,1H3,(H,17,19). The van der Waals surface area contributed by atoms with Gasteiger partial charge in [0.1, 0.15) is 5.56 Å². The maximum atomic E-state index is 13.2. The van der Waals surface area contributed by atoms with Gasteiger partial charge in [-0.3, -0.25) is 14.9 Å². The molecule has 0 saturated heterocycles. The summed E-state index contributed by atoms with van der Waals surface area (Å²) in [5.74, 6) is -3.53. The Balaban J connectivity index is 3.00. The predicted octanol–water partition coefficient (Wildman–Crippen LogP) is 2.12. The molecular weight excluding hydrogens is 284 g/mol. The Kier molecular flexibility index (Phi) is 6.16. The highest BCUT2D eigenvalue weighted by atomic mass is 19.2. The smallest absolute Gasteiger partial charge is 0.285 e. The maximum absolute atomic E-state index is 13.2. The zero-order chi connectivity index (χ0) is 16.0. The van der Waals surface area contributed by atoms with Crippen molar-refractivity contribution in [3.8, 4) is 0 Å². The van der Waals surface area contributed by atoms with Gasteiger partial charge in [-0.15, -0.1) is 0 Å². The molecule has 1 rings (SSSR count). The highest BCUT2D eigenvalue weighted by Crippen LogP contribution is 2.22. The number of nitrogens with two attached hydrogens (primary N) is 1. The van der Waals surface area contributed by atoms with E-state index < -0.39 is 33.7 Å². The number of benzene rings is 1. The molecule has 1 amide bonds. The van der Waals surface area contributed by atoms with Gasteiger partial charge in [0.05, 0.1) is 11.0 Å². The summed E-state index contributed by atoms with van der Waals surface area (Å²) in [6.45, 7) is 2.12. The molecule has 0 aliphatic carbocycles. The summed E-state index contributed by atoms with van der Waals surface area (Å²) in [4.78, 5) is 21.9. The summed E-state index contributed by atoms with van der Waals surface area (Å²) >= 11 is 0. The molecule has 116 valence electrons. The van der Waals surface area contributed by atoms with Crippen LogP contribution in [0.25, 0.3) is 0 Å². The van der Waals surface area contributed by atoms with Gasteiger partial charge in [0.25, 0.3) is 11.6 Å². The number of amides is 1. The van der Waals surface area contributed by atoms with Crippen molar-refractivity contribution in [2.45, 2.75) is 32.2 Å². The molecular formula is C13H17F2N3O3. The van der Waals surface area contributed by atoms with Crippen LogP contribution in [-0.2, 0) is 0 Å². The van der Waals surface area contributed by atoms with Crippen LogP contribution in [0, 0.1) is 21.7 Å². The van der Waals surface area contributed by atoms with Gasteiger partial charge >= 0.3 is 0 Å². The summed E-state index contributed by atoms with van der Waals surface area (Å²) in [5.41, 5.74) is 4.21. The van der Waals surface area contributed by atoms with Crippen LogP contribution in [0.3, 0.4) is 0 Å². The minimum absolute atomic E-state index is 0.156. The number of nitro groups is 1. The number of rotatable bonds is 7. The molecule has 0 saturated carbocycles. The van der Waals surface area contributed by atoms with E-state index in [1.807, 2.05) is 6.92 Å². The van der Waals surface area contributed by atoms with Crippen molar-refractivity contribution >= 4 is 11.6 Å². The molecule has 0 fully saturated rings. The Morgan fingerprint density at radius 1 is 1.43 bits per heavy atom. The van der Waals surface area contributed by atoms with Gasteiger partial charge in [0.2, 0.25) is 0 Å². The molecule has 21 heavy (non-hydrogen) atoms. The van der Waals surface area contributed by atoms with Crippen molar-refractivity contribution in [1.29, 1.82) is 0 Å². The minimum Gasteiger partial charge on any atom is -0.348 e. The largest absolute Gasteiger partial charge is 0.348 e. The van der Waals surface area contributed by atoms with Crippen molar-refractivity contribution in [1.82, 2.24) is 5.32 Å². The van der Waals surface area contributed by atoms with Crippen molar-refractivity contribution in [3.63, 3.8) is 0 Å². The van der Waals surface area contributed by atoms with Crippen molar-refractivity contribution in [3.05, 3.63) is 39.4 Å². The molecule has 1 atom stereocenters. The fourth-order valence-electron chi connectivity index (χ4n) is 1.83. The Hall–Kier alpha value is -2.09. The van der Waals surface area contributed by atoms with Crippen LogP contribution in [-0.4, -0.2) is 23.4 Å². The van der Waals surface area contributed by atoms with Crippen molar-refractivity contribution in [2.75, 3.05) is 6.54 Å². The van der Waals surface area contributed by atoms with Gasteiger partial charge in [0.15, 0.2) is 11.6 Å². The van der Waals surface area contributed by atoms with Gasteiger partial charge < -0.3 is 11.1 Å². The third-order valence-corrected chi connectivity index (χ3v) is 3.01. The summed E-state index contributed by atoms with van der Waals surface area (Å²) in [5, 5.41) is 13.3. The van der Waals surface area contributed by atoms with E-state index >= 15 is 0 Å². The molecule has 0 radical (unpaired) electrons. The van der Waals surface area contributed by atoms with E-state index in [9.17, 15) is 23.7 Å². The van der Waals surface area contributed by atoms with Gasteiger partial charge in [-0.1, -0.05) is 19.8 Å². The second-order valence-electron chi connectivity index (χ2n) is 4.59. The molecule has 0 spiro atoms. The lowest BCUT2D eigenvalue weighted by molar-refractivity contribution is -0.385. The second-order valence-corrected chi connectivity index (χ2v) is 4.59. The average Bonchev–Trinajstić information content (AvgIpc) is 2.45. The zero-order valence-corrected chi connectivity index (χ0v) is 11.6. The summed E-state index contributed by atoms with van der Waals surface area (Å²) in [7, 11) is 0. The molecule has 6 nitrogen and oxygen atoms in total. The number of carbonyl (C=O) groups is 1. The third kappa shape index (κ3) is 4.45. The van der Waals surface area contributed by atoms with E-state index in [4.69, 9.17) is 5.73 Å². The number of carbonyl (C=O) groups excluding carboxylic acids is 1. The van der Waals surface area contributed by atoms with Gasteiger partial charge in [-0.2, -0.15) is 0 Å². The molecule has 8 heteroatoms. The van der Waals surface area contributed by atoms with Gasteiger partial charge in [-0.25, -0.2) is 8.78 Å². The number of unbranched alkanes of at least 4 members (excludes halogenated alkanes) is 1. The second kappa shape index (κ2) is 7.63. The number of halogens is 2. The molecule has 0 aliphatic rings. The first-order chi connectivity index (χ1) is 9.90. The first kappa shape index (κ1) is 17.0. The van der Waals surface area contributed by atoms with Gasteiger partial charge in [0, 0.05) is 12.6 Å². The molecule has 1 aromatic rings. The number of nitro benzene ring substituents is 1. The lowest BCUT2D eigenvalue weighted by Gasteiger charge is -2.16. The predicted molar refractivity (Wildman–Crippen MR) is 72.8 cm³/mol. The fourth-order valence-corrected chi connectivity index (χ4v) is 1.83. The number of nitrogens with one attached hydrogen (secondary N) is 1. The van der Waals surface area contributed by atoms with E-state index in [0.29, 0.717) is 18.6 Å². The minimum atomic E-state index is -1.38. The SMILES string of the molecule is CCCCC(CN)NC(=O)c1cc(F)c(F)cc1[N+](=O)[O-]. The Morgan fingerprint density at radius 2 is 2.05 bits per heavy atom. The maximum Gasteiger partial charge on any atom is 0.285 e. The number of hydrogen-bond acceptors (Lipinski definition) is 4. The van der Waals surface area contributed by atoms with Crippen LogP contribution in [0.1, 0.15) is 36.5 Å². The summed E-state index contributed by atoms with van der Waals surface area (Å²) < 4.78 is 26.2. The Labute approximate surface area is 120 Å². The summed E-state index contributed by atoms with van der Waals surface area (Å²) in [6, 6.07) is 0.550. The Bertz CT molecular complexity index is 538. The highest BCUT2D eigenvalue weighted by molar-refractivity contribution is 5.98.